The van der Waals surface area contributed by atoms with Crippen LogP contribution < -0.4 is 10.1 Å². The molecule has 1 aromatic carbocycles. The van der Waals surface area contributed by atoms with Gasteiger partial charge in [0.05, 0.1) is 11.6 Å². The lowest BCUT2D eigenvalue weighted by atomic mass is 10.3. The maximum Gasteiger partial charge on any atom is 0.240 e. The topological polar surface area (TPSA) is 75.7 Å². The molecule has 1 N–H and O–H groups in total. The molecular weight excluding hydrogens is 320 g/mol. The van der Waals surface area contributed by atoms with E-state index in [1.54, 1.807) is 24.3 Å². The Balaban J connectivity index is 1.67. The number of ether oxygens (including phenoxy) is 1. The number of para-hydroxylation sites is 1. The molecule has 120 valence electrons. The first-order valence-electron chi connectivity index (χ1n) is 7.01. The van der Waals surface area contributed by atoms with Crippen molar-refractivity contribution in [3.8, 4) is 17.6 Å². The lowest BCUT2D eigenvalue weighted by molar-refractivity contribution is -0.142. The van der Waals surface area contributed by atoms with Crippen molar-refractivity contribution in [1.29, 1.82) is 0 Å². The van der Waals surface area contributed by atoms with Gasteiger partial charge in [-0.05, 0) is 12.1 Å². The van der Waals surface area contributed by atoms with Gasteiger partial charge in [-0.3, -0.25) is 19.3 Å². The van der Waals surface area contributed by atoms with E-state index in [0.29, 0.717) is 10.8 Å². The maximum absolute atomic E-state index is 11.6. The molecule has 6 nitrogen and oxygen atoms in total. The van der Waals surface area contributed by atoms with E-state index in [-0.39, 0.29) is 44.4 Å². The highest BCUT2D eigenvalue weighted by atomic mass is 35.5. The van der Waals surface area contributed by atoms with Gasteiger partial charge in [-0.1, -0.05) is 35.6 Å². The lowest BCUT2D eigenvalue weighted by Crippen LogP contribution is -2.40. The number of nitrogens with one attached hydrogen (secondary N) is 1. The van der Waals surface area contributed by atoms with E-state index < -0.39 is 5.91 Å². The average molecular weight is 335 g/mol. The summed E-state index contributed by atoms with van der Waals surface area (Å²) in [5, 5.41) is 3.02. The van der Waals surface area contributed by atoms with Gasteiger partial charge in [0.25, 0.3) is 0 Å². The summed E-state index contributed by atoms with van der Waals surface area (Å²) in [5.41, 5.74) is 0. The first-order valence-corrected chi connectivity index (χ1v) is 7.38. The molecule has 0 radical (unpaired) electrons. The van der Waals surface area contributed by atoms with Crippen LogP contribution in [0, 0.1) is 11.8 Å². The Hall–Kier alpha value is -2.52. The summed E-state index contributed by atoms with van der Waals surface area (Å²) in [6.45, 7) is -0.000886. The second kappa shape index (κ2) is 8.20. The number of halogens is 1. The van der Waals surface area contributed by atoms with Crippen LogP contribution in [0.2, 0.25) is 5.02 Å². The molecular formula is C16H15ClN2O4. The summed E-state index contributed by atoms with van der Waals surface area (Å²) in [4.78, 5) is 35.3. The number of benzene rings is 1. The highest BCUT2D eigenvalue weighted by Crippen LogP contribution is 2.22. The third-order valence-corrected chi connectivity index (χ3v) is 3.40. The van der Waals surface area contributed by atoms with E-state index in [1.165, 1.54) is 0 Å². The van der Waals surface area contributed by atoms with Gasteiger partial charge >= 0.3 is 0 Å². The minimum absolute atomic E-state index is 0.112. The van der Waals surface area contributed by atoms with Crippen LogP contribution in [-0.4, -0.2) is 42.3 Å². The molecule has 1 fully saturated rings. The molecule has 1 aromatic rings. The molecule has 0 spiro atoms. The fourth-order valence-electron chi connectivity index (χ4n) is 1.93. The Kier molecular flexibility index (Phi) is 6.01. The van der Waals surface area contributed by atoms with Crippen molar-refractivity contribution < 1.29 is 19.1 Å². The summed E-state index contributed by atoms with van der Waals surface area (Å²) < 4.78 is 5.36. The summed E-state index contributed by atoms with van der Waals surface area (Å²) in [7, 11) is 0. The Morgan fingerprint density at radius 2 is 1.91 bits per heavy atom. The third-order valence-electron chi connectivity index (χ3n) is 3.09. The van der Waals surface area contributed by atoms with Crippen LogP contribution in [0.3, 0.4) is 0 Å². The summed E-state index contributed by atoms with van der Waals surface area (Å²) in [6, 6.07) is 7.05. The molecule has 3 amide bonds. The van der Waals surface area contributed by atoms with Gasteiger partial charge in [0.2, 0.25) is 17.7 Å². The molecule has 1 aliphatic heterocycles. The Morgan fingerprint density at radius 3 is 2.61 bits per heavy atom. The number of nitrogens with zero attached hydrogens (tertiary/aromatic N) is 1. The smallest absolute Gasteiger partial charge is 0.240 e. The standard InChI is InChI=1S/C16H15ClN2O4/c17-12-5-1-2-6-13(12)23-10-4-3-9-18-14(20)11-19-15(21)7-8-16(19)22/h1-2,5-6H,7-11H2,(H,18,20). The zero-order valence-corrected chi connectivity index (χ0v) is 13.1. The van der Waals surface area contributed by atoms with E-state index in [2.05, 4.69) is 17.2 Å². The first-order chi connectivity index (χ1) is 11.1. The van der Waals surface area contributed by atoms with Crippen molar-refractivity contribution in [3.05, 3.63) is 29.3 Å². The van der Waals surface area contributed by atoms with Gasteiger partial charge in [-0.25, -0.2) is 0 Å². The number of likely N-dealkylation sites (tertiary alicyclic amines) is 1. The number of carbonyl (C=O) groups excluding carboxylic acids is 3. The van der Waals surface area contributed by atoms with Crippen molar-refractivity contribution in [2.24, 2.45) is 0 Å². The predicted octanol–water partition coefficient (Wildman–Crippen LogP) is 0.987. The largest absolute Gasteiger partial charge is 0.479 e. The van der Waals surface area contributed by atoms with Crippen molar-refractivity contribution in [2.45, 2.75) is 12.8 Å². The molecule has 2 rings (SSSR count). The van der Waals surface area contributed by atoms with Crippen LogP contribution in [0.25, 0.3) is 0 Å². The second-order valence-electron chi connectivity index (χ2n) is 4.72. The molecule has 0 aliphatic carbocycles. The molecule has 0 saturated carbocycles. The number of carbonyl (C=O) groups is 3. The van der Waals surface area contributed by atoms with E-state index in [4.69, 9.17) is 16.3 Å². The first kappa shape index (κ1) is 16.8. The SMILES string of the molecule is O=C(CN1C(=O)CCC1=O)NCC#CCOc1ccccc1Cl. The Bertz CT molecular complexity index is 662. The molecule has 0 bridgehead atoms. The molecule has 0 unspecified atom stereocenters. The van der Waals surface area contributed by atoms with Gasteiger partial charge < -0.3 is 10.1 Å². The molecule has 23 heavy (non-hydrogen) atoms. The molecule has 1 saturated heterocycles. The van der Waals surface area contributed by atoms with Gasteiger partial charge in [-0.15, -0.1) is 0 Å². The van der Waals surface area contributed by atoms with Gasteiger partial charge in [0.1, 0.15) is 18.9 Å². The number of rotatable bonds is 5. The van der Waals surface area contributed by atoms with Gasteiger partial charge in [-0.2, -0.15) is 0 Å². The van der Waals surface area contributed by atoms with E-state index in [0.717, 1.165) is 4.90 Å². The van der Waals surface area contributed by atoms with Crippen molar-refractivity contribution in [3.63, 3.8) is 0 Å². The van der Waals surface area contributed by atoms with Crippen LogP contribution in [0.1, 0.15) is 12.8 Å². The fraction of sp³-hybridized carbons (Fsp3) is 0.312. The van der Waals surface area contributed by atoms with Crippen molar-refractivity contribution in [1.82, 2.24) is 10.2 Å². The Morgan fingerprint density at radius 1 is 1.22 bits per heavy atom. The minimum atomic E-state index is -0.421. The molecule has 0 aromatic heterocycles. The number of imide groups is 1. The zero-order chi connectivity index (χ0) is 16.7. The van der Waals surface area contributed by atoms with E-state index in [1.807, 2.05) is 0 Å². The third kappa shape index (κ3) is 5.01. The van der Waals surface area contributed by atoms with Crippen LogP contribution in [0.4, 0.5) is 0 Å². The van der Waals surface area contributed by atoms with Gasteiger partial charge in [0, 0.05) is 12.8 Å². The number of hydrogen-bond acceptors (Lipinski definition) is 4. The van der Waals surface area contributed by atoms with E-state index >= 15 is 0 Å². The van der Waals surface area contributed by atoms with E-state index in [9.17, 15) is 14.4 Å². The maximum atomic E-state index is 11.6. The Labute approximate surface area is 138 Å². The molecule has 0 atom stereocenters. The number of amides is 3. The number of hydrogen-bond donors (Lipinski definition) is 1. The average Bonchev–Trinajstić information content (AvgIpc) is 2.84. The van der Waals surface area contributed by atoms with Crippen LogP contribution in [0.5, 0.6) is 5.75 Å². The van der Waals surface area contributed by atoms with Crippen LogP contribution in [-0.2, 0) is 14.4 Å². The molecule has 1 aliphatic rings. The highest BCUT2D eigenvalue weighted by molar-refractivity contribution is 6.32. The minimum Gasteiger partial charge on any atom is -0.479 e. The summed E-state index contributed by atoms with van der Waals surface area (Å²) in [6.07, 6.45) is 0.344. The summed E-state index contributed by atoms with van der Waals surface area (Å²) >= 11 is 5.92. The zero-order valence-electron chi connectivity index (χ0n) is 12.3. The van der Waals surface area contributed by atoms with Crippen LogP contribution in [0.15, 0.2) is 24.3 Å². The highest BCUT2D eigenvalue weighted by Gasteiger charge is 2.30. The second-order valence-corrected chi connectivity index (χ2v) is 5.13. The molecule has 1 heterocycles. The normalized spacial score (nSPS) is 13.5. The predicted molar refractivity (Wildman–Crippen MR) is 83.7 cm³/mol. The quantitative estimate of drug-likeness (QED) is 0.643. The van der Waals surface area contributed by atoms with Gasteiger partial charge in [0.15, 0.2) is 0 Å². The van der Waals surface area contributed by atoms with Crippen molar-refractivity contribution >= 4 is 29.3 Å². The lowest BCUT2D eigenvalue weighted by Gasteiger charge is -2.12. The van der Waals surface area contributed by atoms with Crippen molar-refractivity contribution in [2.75, 3.05) is 19.7 Å². The van der Waals surface area contributed by atoms with Crippen LogP contribution >= 0.6 is 11.6 Å². The molecule has 7 heteroatoms. The monoisotopic (exact) mass is 334 g/mol. The summed E-state index contributed by atoms with van der Waals surface area (Å²) in [5.74, 6) is 4.94. The fourth-order valence-corrected chi connectivity index (χ4v) is 2.12.